The van der Waals surface area contributed by atoms with Crippen LogP contribution in [-0.2, 0) is 0 Å². The molecule has 0 aromatic carbocycles. The van der Waals surface area contributed by atoms with Crippen LogP contribution in [0.2, 0.25) is 0 Å². The van der Waals surface area contributed by atoms with Crippen molar-refractivity contribution in [2.24, 2.45) is 10.4 Å². The topological polar surface area (TPSA) is 36.4 Å². The van der Waals surface area contributed by atoms with E-state index in [1.807, 2.05) is 0 Å². The molecule has 96 valence electrons. The summed E-state index contributed by atoms with van der Waals surface area (Å²) in [6, 6.07) is 0. The van der Waals surface area contributed by atoms with Crippen LogP contribution >= 0.6 is 24.0 Å². The molecule has 3 nitrogen and oxygen atoms in total. The predicted octanol–water partition coefficient (Wildman–Crippen LogP) is 2.76. The summed E-state index contributed by atoms with van der Waals surface area (Å²) in [7, 11) is 0. The van der Waals surface area contributed by atoms with Crippen LogP contribution in [0.15, 0.2) is 4.99 Å². The van der Waals surface area contributed by atoms with Gasteiger partial charge < -0.3 is 10.6 Å². The summed E-state index contributed by atoms with van der Waals surface area (Å²) in [5, 5.41) is 6.53. The van der Waals surface area contributed by atoms with Gasteiger partial charge in [-0.25, -0.2) is 0 Å². The van der Waals surface area contributed by atoms with E-state index in [1.165, 1.54) is 25.7 Å². The maximum atomic E-state index is 4.65. The molecule has 1 aliphatic rings. The van der Waals surface area contributed by atoms with Gasteiger partial charge in [0.15, 0.2) is 5.96 Å². The molecule has 0 aliphatic heterocycles. The second kappa shape index (κ2) is 8.14. The van der Waals surface area contributed by atoms with E-state index < -0.39 is 0 Å². The summed E-state index contributed by atoms with van der Waals surface area (Å²) < 4.78 is 0. The molecule has 0 atom stereocenters. The molecule has 0 heterocycles. The Morgan fingerprint density at radius 3 is 2.06 bits per heavy atom. The van der Waals surface area contributed by atoms with Gasteiger partial charge >= 0.3 is 0 Å². The zero-order valence-corrected chi connectivity index (χ0v) is 13.1. The Balaban J connectivity index is 0.00000225. The van der Waals surface area contributed by atoms with Crippen LogP contribution in [0.3, 0.4) is 0 Å². The highest BCUT2D eigenvalue weighted by molar-refractivity contribution is 14.0. The van der Waals surface area contributed by atoms with Crippen LogP contribution in [0.5, 0.6) is 0 Å². The van der Waals surface area contributed by atoms with Crippen molar-refractivity contribution in [1.82, 2.24) is 10.6 Å². The molecule has 0 aromatic rings. The van der Waals surface area contributed by atoms with Gasteiger partial charge in [-0.2, -0.15) is 0 Å². The fraction of sp³-hybridized carbons (Fsp3) is 0.917. The Kier molecular flexibility index (Phi) is 8.14. The monoisotopic (exact) mass is 339 g/mol. The molecule has 0 amide bonds. The van der Waals surface area contributed by atoms with Gasteiger partial charge in [0.1, 0.15) is 0 Å². The predicted molar refractivity (Wildman–Crippen MR) is 81.6 cm³/mol. The second-order valence-corrected chi connectivity index (χ2v) is 4.48. The van der Waals surface area contributed by atoms with E-state index in [0.29, 0.717) is 5.41 Å². The number of nitrogens with zero attached hydrogens (tertiary/aromatic N) is 1. The highest BCUT2D eigenvalue weighted by atomic mass is 127. The molecule has 0 bridgehead atoms. The third-order valence-corrected chi connectivity index (χ3v) is 3.00. The van der Waals surface area contributed by atoms with Gasteiger partial charge in [-0.05, 0) is 38.5 Å². The molecule has 1 fully saturated rings. The SMILES string of the molecule is CCCC1(CN=C(NCC)NCC)CC1.I. The molecule has 0 radical (unpaired) electrons. The number of nitrogens with one attached hydrogen (secondary N) is 2. The van der Waals surface area contributed by atoms with Crippen LogP contribution < -0.4 is 10.6 Å². The Hall–Kier alpha value is 0. The molecular formula is C12H26IN3. The van der Waals surface area contributed by atoms with Gasteiger partial charge in [0.2, 0.25) is 0 Å². The normalized spacial score (nSPS) is 15.9. The van der Waals surface area contributed by atoms with Crippen molar-refractivity contribution in [2.45, 2.75) is 46.5 Å². The lowest BCUT2D eigenvalue weighted by Gasteiger charge is -2.13. The lowest BCUT2D eigenvalue weighted by Crippen LogP contribution is -2.37. The van der Waals surface area contributed by atoms with Crippen molar-refractivity contribution in [2.75, 3.05) is 19.6 Å². The van der Waals surface area contributed by atoms with Crippen molar-refractivity contribution < 1.29 is 0 Å². The third kappa shape index (κ3) is 5.37. The third-order valence-electron chi connectivity index (χ3n) is 3.00. The number of halogens is 1. The molecule has 2 N–H and O–H groups in total. The summed E-state index contributed by atoms with van der Waals surface area (Å²) >= 11 is 0. The van der Waals surface area contributed by atoms with Gasteiger partial charge in [-0.3, -0.25) is 4.99 Å². The maximum absolute atomic E-state index is 4.65. The van der Waals surface area contributed by atoms with E-state index in [9.17, 15) is 0 Å². The zero-order chi connectivity index (χ0) is 11.1. The Bertz CT molecular complexity index is 204. The molecule has 0 spiro atoms. The zero-order valence-electron chi connectivity index (χ0n) is 10.8. The number of aliphatic imine (C=N–C) groups is 1. The van der Waals surface area contributed by atoms with Crippen LogP contribution in [0, 0.1) is 5.41 Å². The van der Waals surface area contributed by atoms with Crippen molar-refractivity contribution in [1.29, 1.82) is 0 Å². The summed E-state index contributed by atoms with van der Waals surface area (Å²) in [6.07, 6.45) is 5.36. The lowest BCUT2D eigenvalue weighted by atomic mass is 10.0. The van der Waals surface area contributed by atoms with Crippen molar-refractivity contribution >= 4 is 29.9 Å². The lowest BCUT2D eigenvalue weighted by molar-refractivity contribution is 0.471. The minimum Gasteiger partial charge on any atom is -0.357 e. The van der Waals surface area contributed by atoms with E-state index in [4.69, 9.17) is 0 Å². The molecule has 1 rings (SSSR count). The first kappa shape index (κ1) is 16.0. The van der Waals surface area contributed by atoms with E-state index in [1.54, 1.807) is 0 Å². The summed E-state index contributed by atoms with van der Waals surface area (Å²) in [6.45, 7) is 9.34. The molecule has 0 aromatic heterocycles. The van der Waals surface area contributed by atoms with Crippen LogP contribution in [0.1, 0.15) is 46.5 Å². The Morgan fingerprint density at radius 2 is 1.69 bits per heavy atom. The number of hydrogen-bond acceptors (Lipinski definition) is 1. The second-order valence-electron chi connectivity index (χ2n) is 4.48. The van der Waals surface area contributed by atoms with Crippen molar-refractivity contribution in [3.8, 4) is 0 Å². The average molecular weight is 339 g/mol. The van der Waals surface area contributed by atoms with Gasteiger partial charge in [0.05, 0.1) is 0 Å². The minimum atomic E-state index is 0. The highest BCUT2D eigenvalue weighted by Gasteiger charge is 2.41. The minimum absolute atomic E-state index is 0. The van der Waals surface area contributed by atoms with Crippen molar-refractivity contribution in [3.05, 3.63) is 0 Å². The smallest absolute Gasteiger partial charge is 0.191 e. The molecule has 0 unspecified atom stereocenters. The molecule has 16 heavy (non-hydrogen) atoms. The van der Waals surface area contributed by atoms with Gasteiger partial charge in [0.25, 0.3) is 0 Å². The maximum Gasteiger partial charge on any atom is 0.191 e. The first-order valence-corrected chi connectivity index (χ1v) is 6.28. The van der Waals surface area contributed by atoms with E-state index in [0.717, 1.165) is 25.6 Å². The van der Waals surface area contributed by atoms with E-state index in [-0.39, 0.29) is 24.0 Å². The van der Waals surface area contributed by atoms with Gasteiger partial charge in [-0.1, -0.05) is 13.3 Å². The van der Waals surface area contributed by atoms with Crippen LogP contribution in [-0.4, -0.2) is 25.6 Å². The Morgan fingerprint density at radius 1 is 1.12 bits per heavy atom. The molecule has 1 saturated carbocycles. The van der Waals surface area contributed by atoms with Crippen molar-refractivity contribution in [3.63, 3.8) is 0 Å². The highest BCUT2D eigenvalue weighted by Crippen LogP contribution is 2.49. The van der Waals surface area contributed by atoms with Crippen LogP contribution in [0.25, 0.3) is 0 Å². The quantitative estimate of drug-likeness (QED) is 0.444. The van der Waals surface area contributed by atoms with Gasteiger partial charge in [0, 0.05) is 19.6 Å². The molecule has 4 heteroatoms. The number of guanidine groups is 1. The molecule has 0 saturated heterocycles. The summed E-state index contributed by atoms with van der Waals surface area (Å²) in [5.41, 5.74) is 0.560. The fourth-order valence-electron chi connectivity index (χ4n) is 1.95. The first-order valence-electron chi connectivity index (χ1n) is 6.28. The standard InChI is InChI=1S/C12H25N3.HI/c1-4-7-12(8-9-12)10-15-11(13-5-2)14-6-3;/h4-10H2,1-3H3,(H2,13,14,15);1H. The largest absolute Gasteiger partial charge is 0.357 e. The van der Waals surface area contributed by atoms with E-state index in [2.05, 4.69) is 36.4 Å². The average Bonchev–Trinajstić information content (AvgIpc) is 2.97. The number of hydrogen-bond donors (Lipinski definition) is 2. The van der Waals surface area contributed by atoms with Crippen LogP contribution in [0.4, 0.5) is 0 Å². The van der Waals surface area contributed by atoms with E-state index >= 15 is 0 Å². The molecular weight excluding hydrogens is 313 g/mol. The fourth-order valence-corrected chi connectivity index (χ4v) is 1.95. The summed E-state index contributed by atoms with van der Waals surface area (Å²) in [4.78, 5) is 4.65. The first-order chi connectivity index (χ1) is 7.26. The summed E-state index contributed by atoms with van der Waals surface area (Å²) in [5.74, 6) is 0.974. The molecule has 1 aliphatic carbocycles. The van der Waals surface area contributed by atoms with Gasteiger partial charge in [-0.15, -0.1) is 24.0 Å². The Labute approximate surface area is 117 Å². The number of rotatable bonds is 6.